The Labute approximate surface area is 440 Å². The molecule has 6 heterocycles. The molecule has 76 heavy (non-hydrogen) atoms. The number of hydrogen-bond donors (Lipinski definition) is 2. The highest BCUT2D eigenvalue weighted by atomic mass is 32.1. The molecule has 0 radical (unpaired) electrons. The molecular weight excluding hydrogens is 1010 g/mol. The van der Waals surface area contributed by atoms with Crippen molar-refractivity contribution < 1.29 is 51.3 Å². The van der Waals surface area contributed by atoms with Crippen molar-refractivity contribution in [2.45, 2.75) is 89.9 Å². The van der Waals surface area contributed by atoms with Crippen LogP contribution in [-0.2, 0) is 45.8 Å². The molecule has 9 rings (SSSR count). The number of halogens is 4. The lowest BCUT2D eigenvalue weighted by Crippen LogP contribution is -2.49. The molecule has 2 fully saturated rings. The highest BCUT2D eigenvalue weighted by Crippen LogP contribution is 2.42. The molecule has 17 nitrogen and oxygen atoms in total. The number of unbranched alkanes of at least 4 members (excludes halogenated alkanes) is 3. The number of anilines is 2. The summed E-state index contributed by atoms with van der Waals surface area (Å²) in [6, 6.07) is 15.2. The van der Waals surface area contributed by atoms with E-state index in [0.717, 1.165) is 59.4 Å². The van der Waals surface area contributed by atoms with Crippen LogP contribution in [0.25, 0.3) is 22.3 Å². The number of piperazine rings is 1. The Morgan fingerprint density at radius 2 is 1.70 bits per heavy atom. The zero-order valence-electron chi connectivity index (χ0n) is 42.5. The van der Waals surface area contributed by atoms with Gasteiger partial charge in [0, 0.05) is 67.0 Å². The fourth-order valence-corrected chi connectivity index (χ4v) is 10.9. The number of thiocarbonyl (C=S) groups is 1. The number of rotatable bonds is 14. The number of aliphatic hydroxyl groups is 1. The number of nitrogens with one attached hydrogen (secondary N) is 1. The summed E-state index contributed by atoms with van der Waals surface area (Å²) in [7, 11) is 3.82. The number of aromatic nitrogens is 2. The number of pyridine rings is 2. The molecule has 3 amide bonds. The van der Waals surface area contributed by atoms with Gasteiger partial charge < -0.3 is 39.2 Å². The highest BCUT2D eigenvalue weighted by Gasteiger charge is 2.51. The first-order valence-electron chi connectivity index (χ1n) is 24.9. The summed E-state index contributed by atoms with van der Waals surface area (Å²) in [5.41, 5.74) is -2.18. The van der Waals surface area contributed by atoms with E-state index in [1.54, 1.807) is 34.6 Å². The van der Waals surface area contributed by atoms with Crippen molar-refractivity contribution in [3.05, 3.63) is 116 Å². The van der Waals surface area contributed by atoms with Crippen molar-refractivity contribution >= 4 is 63.5 Å². The van der Waals surface area contributed by atoms with E-state index in [2.05, 4.69) is 10.2 Å². The summed E-state index contributed by atoms with van der Waals surface area (Å²) in [6.07, 6.45) is -2.09. The van der Waals surface area contributed by atoms with Crippen LogP contribution in [0.4, 0.5) is 33.7 Å². The number of hydrogen-bond acceptors (Lipinski definition) is 13. The maximum atomic E-state index is 15.5. The average molecular weight is 1070 g/mol. The fourth-order valence-electron chi connectivity index (χ4n) is 10.4. The van der Waals surface area contributed by atoms with Crippen LogP contribution in [0.3, 0.4) is 0 Å². The molecule has 398 valence electrons. The molecule has 2 aromatic heterocycles. The SMILES string of the molecule is CCC1(O)C(=O)OCc2c1cc1n(c2=O)Cc2cc3c(CN(C)C)c(OC(=O)N4CCN(CCCCCCNC(=O)c5ccc(N6C(=S)N(c7ccc(C#N)c(C(F)(F)F)c7)C(=O)C6(C)C)cc5F)CC4)ccc3nc2-1. The first kappa shape index (κ1) is 53.5. The number of carbonyl (C=O) groups is 4. The third-order valence-electron chi connectivity index (χ3n) is 14.6. The monoisotopic (exact) mass is 1070 g/mol. The number of carbonyl (C=O) groups excluding carboxylic acids is 4. The number of amides is 3. The Bertz CT molecular complexity index is 3330. The molecule has 2 saturated heterocycles. The predicted molar refractivity (Wildman–Crippen MR) is 276 cm³/mol. The quantitative estimate of drug-likeness (QED) is 0.0482. The molecule has 0 bridgehead atoms. The number of benzene rings is 3. The molecule has 1 atom stereocenters. The largest absolute Gasteiger partial charge is 0.458 e. The summed E-state index contributed by atoms with van der Waals surface area (Å²) in [6.45, 7) is 8.45. The van der Waals surface area contributed by atoms with E-state index in [9.17, 15) is 47.5 Å². The topological polar surface area (TPSA) is 194 Å². The zero-order valence-corrected chi connectivity index (χ0v) is 43.3. The minimum atomic E-state index is -4.87. The summed E-state index contributed by atoms with van der Waals surface area (Å²) in [5.74, 6) is -2.58. The molecular formula is C54H55F4N9O8S. The van der Waals surface area contributed by atoms with Crippen LogP contribution in [0, 0.1) is 17.1 Å². The van der Waals surface area contributed by atoms with Gasteiger partial charge in [-0.3, -0.25) is 24.2 Å². The molecule has 3 aromatic carbocycles. The summed E-state index contributed by atoms with van der Waals surface area (Å²) in [4.78, 5) is 79.7. The lowest BCUT2D eigenvalue weighted by Gasteiger charge is -2.34. The van der Waals surface area contributed by atoms with Gasteiger partial charge in [-0.25, -0.2) is 19.0 Å². The molecule has 0 saturated carbocycles. The Balaban J connectivity index is 0.738. The minimum Gasteiger partial charge on any atom is -0.458 e. The van der Waals surface area contributed by atoms with E-state index < -0.39 is 58.1 Å². The van der Waals surface area contributed by atoms with Crippen LogP contribution >= 0.6 is 12.2 Å². The van der Waals surface area contributed by atoms with Crippen LogP contribution < -0.4 is 25.4 Å². The Hall–Kier alpha value is -7.32. The van der Waals surface area contributed by atoms with E-state index in [0.29, 0.717) is 74.4 Å². The number of cyclic esters (lactones) is 1. The first-order chi connectivity index (χ1) is 36.1. The molecule has 1 unspecified atom stereocenters. The van der Waals surface area contributed by atoms with Crippen LogP contribution in [0.15, 0.2) is 65.5 Å². The standard InChI is InChI=1S/C54H55F4N9O8S/c1-6-53(73)40-26-43-45-32(28-65(43)47(69)38(40)30-74-49(53)71)23-36-37(29-62(4)5)44(16-15-42(36)61-45)75-51(72)64-21-19-63(20-22-64)18-10-8-7-9-17-60-46(68)35-14-13-34(25-41(35)55)67-50(76)66(48(70)52(67,2)3)33-12-11-31(27-59)39(24-33)54(56,57)58/h11-16,23-26,73H,6-10,17-22,28-30H2,1-5H3,(H,60,68). The third-order valence-corrected chi connectivity index (χ3v) is 14.9. The van der Waals surface area contributed by atoms with Crippen molar-refractivity contribution in [1.82, 2.24) is 29.6 Å². The van der Waals surface area contributed by atoms with Crippen LogP contribution in [0.1, 0.15) is 96.6 Å². The Kier molecular flexibility index (Phi) is 14.5. The third kappa shape index (κ3) is 9.76. The number of nitrogens with zero attached hydrogens (tertiary/aromatic N) is 8. The zero-order chi connectivity index (χ0) is 54.6. The number of ether oxygens (including phenoxy) is 2. The van der Waals surface area contributed by atoms with Gasteiger partial charge in [0.1, 0.15) is 23.7 Å². The lowest BCUT2D eigenvalue weighted by atomic mass is 9.86. The fraction of sp³-hybridized carbons (Fsp3) is 0.407. The molecule has 22 heteroatoms. The highest BCUT2D eigenvalue weighted by molar-refractivity contribution is 7.81. The normalized spacial score (nSPS) is 18.2. The van der Waals surface area contributed by atoms with Gasteiger partial charge in [0.05, 0.1) is 57.5 Å². The van der Waals surface area contributed by atoms with E-state index in [1.165, 1.54) is 43.0 Å². The molecule has 4 aliphatic rings. The molecule has 0 aliphatic carbocycles. The van der Waals surface area contributed by atoms with E-state index >= 15 is 4.39 Å². The smallest absolute Gasteiger partial charge is 0.417 e. The van der Waals surface area contributed by atoms with Crippen molar-refractivity contribution in [1.29, 1.82) is 5.26 Å². The summed E-state index contributed by atoms with van der Waals surface area (Å²) >= 11 is 5.55. The van der Waals surface area contributed by atoms with Crippen molar-refractivity contribution in [2.75, 3.05) is 63.2 Å². The van der Waals surface area contributed by atoms with Gasteiger partial charge in [-0.15, -0.1) is 0 Å². The molecule has 5 aromatic rings. The second-order valence-electron chi connectivity index (χ2n) is 20.1. The molecule has 2 N–H and O–H groups in total. The average Bonchev–Trinajstić information content (AvgIpc) is 3.83. The minimum absolute atomic E-state index is 0.0382. The van der Waals surface area contributed by atoms with Crippen molar-refractivity contribution in [3.8, 4) is 23.2 Å². The van der Waals surface area contributed by atoms with Gasteiger partial charge in [-0.05, 0) is 127 Å². The van der Waals surface area contributed by atoms with Gasteiger partial charge >= 0.3 is 18.2 Å². The van der Waals surface area contributed by atoms with Crippen LogP contribution in [0.2, 0.25) is 0 Å². The van der Waals surface area contributed by atoms with Gasteiger partial charge in [-0.1, -0.05) is 19.8 Å². The lowest BCUT2D eigenvalue weighted by molar-refractivity contribution is -0.172. The maximum Gasteiger partial charge on any atom is 0.417 e. The number of esters is 1. The maximum absolute atomic E-state index is 15.5. The van der Waals surface area contributed by atoms with Crippen molar-refractivity contribution in [2.24, 2.45) is 0 Å². The van der Waals surface area contributed by atoms with E-state index in [1.807, 2.05) is 25.1 Å². The van der Waals surface area contributed by atoms with E-state index in [4.69, 9.17) is 26.7 Å². The number of alkyl halides is 3. The summed E-state index contributed by atoms with van der Waals surface area (Å²) in [5, 5.41) is 23.8. The molecule has 0 spiro atoms. The van der Waals surface area contributed by atoms with Crippen LogP contribution in [0.5, 0.6) is 5.75 Å². The van der Waals surface area contributed by atoms with Crippen LogP contribution in [-0.4, -0.2) is 117 Å². The summed E-state index contributed by atoms with van der Waals surface area (Å²) < 4.78 is 69.7. The van der Waals surface area contributed by atoms with Gasteiger partial charge in [0.15, 0.2) is 10.7 Å². The van der Waals surface area contributed by atoms with E-state index in [-0.39, 0.29) is 58.3 Å². The Morgan fingerprint density at radius 1 is 0.974 bits per heavy atom. The first-order valence-corrected chi connectivity index (χ1v) is 25.3. The second-order valence-corrected chi connectivity index (χ2v) is 20.5. The van der Waals surface area contributed by atoms with Gasteiger partial charge in [0.25, 0.3) is 17.4 Å². The Morgan fingerprint density at radius 3 is 2.38 bits per heavy atom. The van der Waals surface area contributed by atoms with Gasteiger partial charge in [0.2, 0.25) is 0 Å². The number of nitriles is 1. The number of fused-ring (bicyclic) bond motifs is 5. The predicted octanol–water partition coefficient (Wildman–Crippen LogP) is 7.19. The van der Waals surface area contributed by atoms with Gasteiger partial charge in [-0.2, -0.15) is 18.4 Å². The van der Waals surface area contributed by atoms with Crippen molar-refractivity contribution in [3.63, 3.8) is 0 Å². The molecule has 4 aliphatic heterocycles. The second kappa shape index (κ2) is 20.7.